The van der Waals surface area contributed by atoms with Gasteiger partial charge >= 0.3 is 12.2 Å². The number of anilines is 1. The molecule has 43 heavy (non-hydrogen) atoms. The molecule has 3 N–H and O–H groups in total. The van der Waals surface area contributed by atoms with E-state index in [2.05, 4.69) is 10.6 Å². The van der Waals surface area contributed by atoms with E-state index in [1.165, 1.54) is 18.2 Å². The van der Waals surface area contributed by atoms with Crippen LogP contribution >= 0.6 is 0 Å². The van der Waals surface area contributed by atoms with Gasteiger partial charge in [-0.3, -0.25) is 14.4 Å². The molecule has 3 aliphatic rings. The fourth-order valence-electron chi connectivity index (χ4n) is 5.69. The molecule has 12 heteroatoms. The average molecular weight is 593 g/mol. The molecule has 1 aliphatic carbocycles. The lowest BCUT2D eigenvalue weighted by Gasteiger charge is -2.32. The summed E-state index contributed by atoms with van der Waals surface area (Å²) >= 11 is 0. The maximum Gasteiger partial charge on any atom is 0.418 e. The summed E-state index contributed by atoms with van der Waals surface area (Å²) in [7, 11) is 0. The summed E-state index contributed by atoms with van der Waals surface area (Å²) in [6.45, 7) is 5.40. The second-order valence-electron chi connectivity index (χ2n) is 11.6. The van der Waals surface area contributed by atoms with Crippen LogP contribution in [0.3, 0.4) is 0 Å². The first-order valence-electron chi connectivity index (χ1n) is 14.5. The van der Waals surface area contributed by atoms with E-state index in [0.717, 1.165) is 23.3 Å². The van der Waals surface area contributed by atoms with E-state index < -0.39 is 42.2 Å². The number of amides is 5. The number of nitrogens with one attached hydrogen (secondary N) is 2. The summed E-state index contributed by atoms with van der Waals surface area (Å²) in [4.78, 5) is 67.1. The number of benzene rings is 2. The van der Waals surface area contributed by atoms with E-state index in [1.807, 2.05) is 37.3 Å². The summed E-state index contributed by atoms with van der Waals surface area (Å²) in [6, 6.07) is 13.1. The van der Waals surface area contributed by atoms with Crippen molar-refractivity contribution in [2.75, 3.05) is 18.5 Å². The zero-order chi connectivity index (χ0) is 30.9. The van der Waals surface area contributed by atoms with E-state index in [9.17, 15) is 24.0 Å². The van der Waals surface area contributed by atoms with Crippen molar-refractivity contribution in [3.05, 3.63) is 59.7 Å². The van der Waals surface area contributed by atoms with Crippen LogP contribution in [-0.4, -0.2) is 70.0 Å². The van der Waals surface area contributed by atoms with Crippen LogP contribution in [0.2, 0.25) is 0 Å². The Morgan fingerprint density at radius 3 is 2.47 bits per heavy atom. The molecule has 5 amide bonds. The summed E-state index contributed by atoms with van der Waals surface area (Å²) in [5.41, 5.74) is -0.0879. The second kappa shape index (κ2) is 11.9. The van der Waals surface area contributed by atoms with Gasteiger partial charge in [-0.15, -0.1) is 0 Å². The third-order valence-electron chi connectivity index (χ3n) is 8.30. The quantitative estimate of drug-likeness (QED) is 0.377. The largest absolute Gasteiger partial charge is 0.493 e. The van der Waals surface area contributed by atoms with Gasteiger partial charge in [0, 0.05) is 36.3 Å². The minimum atomic E-state index is -1.66. The minimum absolute atomic E-state index is 0.0474. The highest BCUT2D eigenvalue weighted by atomic mass is 16.6. The zero-order valence-corrected chi connectivity index (χ0v) is 24.4. The third kappa shape index (κ3) is 6.13. The average Bonchev–Trinajstić information content (AvgIpc) is 3.79. The molecule has 0 bridgehead atoms. The lowest BCUT2D eigenvalue weighted by Crippen LogP contribution is -2.48. The van der Waals surface area contributed by atoms with Crippen LogP contribution in [0.25, 0.3) is 0 Å². The number of nitrogens with zero attached hydrogens (tertiary/aromatic N) is 2. The Morgan fingerprint density at radius 1 is 1.09 bits per heavy atom. The van der Waals surface area contributed by atoms with Crippen molar-refractivity contribution in [1.82, 2.24) is 15.1 Å². The number of carbonyl (C=O) groups is 5. The molecule has 12 nitrogen and oxygen atoms in total. The monoisotopic (exact) mass is 592 g/mol. The van der Waals surface area contributed by atoms with E-state index in [1.54, 1.807) is 18.7 Å². The SMILES string of the molecule is CC(C)[C@@H](NC(=O)O)C(=O)Nc1ccc2c(c1)OCCC21OC(=O)N(CC(=O)N(Cc2ccccc2)[C@@H](C)C2CC2)C1=O. The molecule has 1 spiro atoms. The van der Waals surface area contributed by atoms with Crippen molar-refractivity contribution in [2.45, 2.75) is 64.3 Å². The van der Waals surface area contributed by atoms with Crippen LogP contribution in [0.1, 0.15) is 51.2 Å². The first-order valence-corrected chi connectivity index (χ1v) is 14.5. The minimum Gasteiger partial charge on any atom is -0.493 e. The highest BCUT2D eigenvalue weighted by Gasteiger charge is 2.58. The van der Waals surface area contributed by atoms with E-state index in [-0.39, 0.29) is 36.6 Å². The van der Waals surface area contributed by atoms with Crippen LogP contribution in [0.4, 0.5) is 15.3 Å². The van der Waals surface area contributed by atoms with Crippen LogP contribution in [-0.2, 0) is 31.3 Å². The maximum absolute atomic E-state index is 13.8. The Kier molecular flexibility index (Phi) is 8.30. The molecule has 1 saturated carbocycles. The molecule has 3 atom stereocenters. The molecule has 1 unspecified atom stereocenters. The van der Waals surface area contributed by atoms with Crippen molar-refractivity contribution in [3.63, 3.8) is 0 Å². The van der Waals surface area contributed by atoms with Crippen molar-refractivity contribution in [2.24, 2.45) is 11.8 Å². The maximum atomic E-state index is 13.8. The molecule has 2 aromatic carbocycles. The topological polar surface area (TPSA) is 155 Å². The summed E-state index contributed by atoms with van der Waals surface area (Å²) in [5, 5.41) is 14.0. The molecular formula is C31H36N4O8. The lowest BCUT2D eigenvalue weighted by molar-refractivity contribution is -0.144. The molecular weight excluding hydrogens is 556 g/mol. The van der Waals surface area contributed by atoms with Crippen LogP contribution in [0, 0.1) is 11.8 Å². The predicted octanol–water partition coefficient (Wildman–Crippen LogP) is 3.70. The van der Waals surface area contributed by atoms with Gasteiger partial charge in [0.15, 0.2) is 0 Å². The Balaban J connectivity index is 1.34. The van der Waals surface area contributed by atoms with Gasteiger partial charge in [-0.25, -0.2) is 14.5 Å². The normalized spacial score (nSPS) is 20.6. The number of rotatable bonds is 10. The number of imide groups is 1. The van der Waals surface area contributed by atoms with Gasteiger partial charge < -0.3 is 30.1 Å². The van der Waals surface area contributed by atoms with E-state index in [4.69, 9.17) is 14.6 Å². The van der Waals surface area contributed by atoms with E-state index in [0.29, 0.717) is 23.7 Å². The molecule has 1 saturated heterocycles. The van der Waals surface area contributed by atoms with E-state index >= 15 is 0 Å². The van der Waals surface area contributed by atoms with Gasteiger partial charge in [0.1, 0.15) is 18.3 Å². The Bertz CT molecular complexity index is 1430. The van der Waals surface area contributed by atoms with Crippen LogP contribution < -0.4 is 15.4 Å². The molecule has 2 aliphatic heterocycles. The molecule has 5 rings (SSSR count). The molecule has 228 valence electrons. The Hall–Kier alpha value is -4.61. The Morgan fingerprint density at radius 2 is 1.81 bits per heavy atom. The predicted molar refractivity (Wildman–Crippen MR) is 154 cm³/mol. The van der Waals surface area contributed by atoms with Gasteiger partial charge in [0.2, 0.25) is 17.4 Å². The van der Waals surface area contributed by atoms with Gasteiger partial charge in [0.25, 0.3) is 5.91 Å². The molecule has 2 fully saturated rings. The summed E-state index contributed by atoms with van der Waals surface area (Å²) < 4.78 is 11.5. The van der Waals surface area contributed by atoms with Gasteiger partial charge in [-0.2, -0.15) is 0 Å². The van der Waals surface area contributed by atoms with Crippen LogP contribution in [0.15, 0.2) is 48.5 Å². The van der Waals surface area contributed by atoms with Crippen molar-refractivity contribution in [1.29, 1.82) is 0 Å². The highest BCUT2D eigenvalue weighted by Crippen LogP contribution is 2.46. The van der Waals surface area contributed by atoms with Gasteiger partial charge in [-0.05, 0) is 49.3 Å². The van der Waals surface area contributed by atoms with Crippen molar-refractivity contribution in [3.8, 4) is 5.75 Å². The first-order chi connectivity index (χ1) is 20.5. The standard InChI is InChI=1S/C31H36N4O8/c1-18(2)26(33-29(39)40)27(37)32-22-11-12-23-24(15-22)42-14-13-31(23)28(38)35(30(41)43-31)17-25(36)34(19(3)21-9-10-21)16-20-7-5-4-6-8-20/h4-8,11-12,15,18-19,21,26,33H,9-10,13-14,16-17H2,1-3H3,(H,32,37)(H,39,40)/t19-,26+,31?/m0/s1. The van der Waals surface area contributed by atoms with Crippen molar-refractivity contribution >= 4 is 35.6 Å². The number of ether oxygens (including phenoxy) is 2. The molecule has 0 aromatic heterocycles. The van der Waals surface area contributed by atoms with Gasteiger partial charge in [-0.1, -0.05) is 44.2 Å². The number of fused-ring (bicyclic) bond motifs is 2. The fraction of sp³-hybridized carbons (Fsp3) is 0.452. The highest BCUT2D eigenvalue weighted by molar-refractivity contribution is 6.06. The number of carbonyl (C=O) groups excluding carboxylic acids is 4. The fourth-order valence-corrected chi connectivity index (χ4v) is 5.69. The summed E-state index contributed by atoms with van der Waals surface area (Å²) in [6.07, 6.45) is -0.103. The number of hydrogen-bond donors (Lipinski definition) is 3. The summed E-state index contributed by atoms with van der Waals surface area (Å²) in [5.74, 6) is -1.24. The number of hydrogen-bond acceptors (Lipinski definition) is 7. The van der Waals surface area contributed by atoms with Gasteiger partial charge in [0.05, 0.1) is 6.61 Å². The zero-order valence-electron chi connectivity index (χ0n) is 24.4. The van der Waals surface area contributed by atoms with Crippen molar-refractivity contribution < 1.29 is 38.6 Å². The lowest BCUT2D eigenvalue weighted by atomic mass is 9.87. The Labute approximate surface area is 249 Å². The first kappa shape index (κ1) is 29.9. The second-order valence-corrected chi connectivity index (χ2v) is 11.6. The van der Waals surface area contributed by atoms with Crippen LogP contribution in [0.5, 0.6) is 5.75 Å². The molecule has 0 radical (unpaired) electrons. The number of carboxylic acid groups (broad SMARTS) is 1. The smallest absolute Gasteiger partial charge is 0.418 e. The molecule has 2 aromatic rings. The third-order valence-corrected chi connectivity index (χ3v) is 8.30. The molecule has 2 heterocycles.